The maximum absolute atomic E-state index is 4.72. The SMILES string of the molecule is Cc1cc(C)nc(Nc2nc(Nc3ccn4ccnc4c3)cc(N3CC=CC3)n2)c1. The third-order valence-corrected chi connectivity index (χ3v) is 4.86. The Morgan fingerprint density at radius 1 is 0.867 bits per heavy atom. The van der Waals surface area contributed by atoms with Crippen molar-refractivity contribution in [3.05, 3.63) is 72.3 Å². The average molecular weight is 398 g/mol. The molecule has 8 nitrogen and oxygen atoms in total. The molecule has 4 aromatic heterocycles. The lowest BCUT2D eigenvalue weighted by molar-refractivity contribution is 0.958. The highest BCUT2D eigenvalue weighted by molar-refractivity contribution is 5.66. The van der Waals surface area contributed by atoms with Crippen molar-refractivity contribution >= 4 is 34.7 Å². The Hall–Kier alpha value is -3.94. The van der Waals surface area contributed by atoms with E-state index in [1.165, 1.54) is 0 Å². The molecule has 0 amide bonds. The molecule has 0 aromatic carbocycles. The molecule has 150 valence electrons. The second kappa shape index (κ2) is 7.47. The highest BCUT2D eigenvalue weighted by Gasteiger charge is 2.14. The van der Waals surface area contributed by atoms with Gasteiger partial charge in [0, 0.05) is 55.2 Å². The Balaban J connectivity index is 1.48. The number of pyridine rings is 2. The van der Waals surface area contributed by atoms with Crippen LogP contribution in [0.25, 0.3) is 5.65 Å². The molecule has 0 spiro atoms. The maximum Gasteiger partial charge on any atom is 0.232 e. The minimum atomic E-state index is 0.501. The summed E-state index contributed by atoms with van der Waals surface area (Å²) in [6, 6.07) is 9.96. The first-order chi connectivity index (χ1) is 14.6. The summed E-state index contributed by atoms with van der Waals surface area (Å²) in [5.74, 6) is 2.79. The van der Waals surface area contributed by atoms with E-state index in [0.29, 0.717) is 11.8 Å². The predicted octanol–water partition coefficient (Wildman–Crippen LogP) is 4.00. The van der Waals surface area contributed by atoms with E-state index in [1.54, 1.807) is 6.20 Å². The van der Waals surface area contributed by atoms with Gasteiger partial charge in [-0.05, 0) is 37.6 Å². The van der Waals surface area contributed by atoms with Crippen molar-refractivity contribution in [2.45, 2.75) is 13.8 Å². The van der Waals surface area contributed by atoms with E-state index >= 15 is 0 Å². The van der Waals surface area contributed by atoms with Gasteiger partial charge in [-0.3, -0.25) is 0 Å². The minimum absolute atomic E-state index is 0.501. The largest absolute Gasteiger partial charge is 0.349 e. The van der Waals surface area contributed by atoms with Crippen LogP contribution in [0.3, 0.4) is 0 Å². The normalized spacial score (nSPS) is 13.2. The Morgan fingerprint density at radius 3 is 2.53 bits per heavy atom. The first kappa shape index (κ1) is 18.1. The molecule has 0 saturated heterocycles. The average Bonchev–Trinajstić information content (AvgIpc) is 3.39. The van der Waals surface area contributed by atoms with Crippen LogP contribution in [-0.4, -0.2) is 37.4 Å². The molecule has 1 aliphatic heterocycles. The summed E-state index contributed by atoms with van der Waals surface area (Å²) in [5.41, 5.74) is 3.86. The van der Waals surface area contributed by atoms with Gasteiger partial charge in [-0.1, -0.05) is 12.2 Å². The topological polar surface area (TPSA) is 83.3 Å². The fraction of sp³-hybridized carbons (Fsp3) is 0.182. The van der Waals surface area contributed by atoms with E-state index in [-0.39, 0.29) is 0 Å². The number of nitrogens with one attached hydrogen (secondary N) is 2. The zero-order chi connectivity index (χ0) is 20.5. The Bertz CT molecular complexity index is 1210. The van der Waals surface area contributed by atoms with Crippen LogP contribution < -0.4 is 15.5 Å². The highest BCUT2D eigenvalue weighted by atomic mass is 15.3. The zero-order valence-electron chi connectivity index (χ0n) is 16.9. The van der Waals surface area contributed by atoms with E-state index in [1.807, 2.05) is 61.0 Å². The Morgan fingerprint density at radius 2 is 1.70 bits per heavy atom. The molecule has 0 aliphatic carbocycles. The fourth-order valence-corrected chi connectivity index (χ4v) is 3.54. The number of aryl methyl sites for hydroxylation is 2. The zero-order valence-corrected chi connectivity index (χ0v) is 16.9. The van der Waals surface area contributed by atoms with Gasteiger partial charge in [-0.25, -0.2) is 9.97 Å². The fourth-order valence-electron chi connectivity index (χ4n) is 3.54. The van der Waals surface area contributed by atoms with Gasteiger partial charge in [0.05, 0.1) is 0 Å². The van der Waals surface area contributed by atoms with Crippen molar-refractivity contribution in [2.24, 2.45) is 0 Å². The molecule has 30 heavy (non-hydrogen) atoms. The molecule has 0 unspecified atom stereocenters. The van der Waals surface area contributed by atoms with Crippen molar-refractivity contribution in [1.82, 2.24) is 24.3 Å². The third kappa shape index (κ3) is 3.80. The molecule has 8 heteroatoms. The van der Waals surface area contributed by atoms with Crippen molar-refractivity contribution in [3.63, 3.8) is 0 Å². The van der Waals surface area contributed by atoms with Crippen molar-refractivity contribution in [2.75, 3.05) is 28.6 Å². The number of rotatable bonds is 5. The monoisotopic (exact) mass is 398 g/mol. The van der Waals surface area contributed by atoms with Crippen LogP contribution in [0.5, 0.6) is 0 Å². The number of nitrogens with zero attached hydrogens (tertiary/aromatic N) is 6. The van der Waals surface area contributed by atoms with Gasteiger partial charge in [0.1, 0.15) is 23.1 Å². The molecule has 4 aromatic rings. The van der Waals surface area contributed by atoms with E-state index in [0.717, 1.165) is 47.3 Å². The molecule has 2 N–H and O–H groups in total. The van der Waals surface area contributed by atoms with Gasteiger partial charge in [0.15, 0.2) is 0 Å². The summed E-state index contributed by atoms with van der Waals surface area (Å²) in [7, 11) is 0. The van der Waals surface area contributed by atoms with Crippen LogP contribution in [0.15, 0.2) is 61.1 Å². The first-order valence-electron chi connectivity index (χ1n) is 9.83. The predicted molar refractivity (Wildman–Crippen MR) is 119 cm³/mol. The van der Waals surface area contributed by atoms with E-state index in [4.69, 9.17) is 4.98 Å². The third-order valence-electron chi connectivity index (χ3n) is 4.86. The summed E-state index contributed by atoms with van der Waals surface area (Å²) in [6.45, 7) is 5.69. The number of imidazole rings is 1. The van der Waals surface area contributed by atoms with E-state index in [9.17, 15) is 0 Å². The minimum Gasteiger partial charge on any atom is -0.349 e. The lowest BCUT2D eigenvalue weighted by atomic mass is 10.2. The molecule has 0 fully saturated rings. The smallest absolute Gasteiger partial charge is 0.232 e. The molecule has 1 aliphatic rings. The van der Waals surface area contributed by atoms with Crippen LogP contribution in [-0.2, 0) is 0 Å². The number of fused-ring (bicyclic) bond motifs is 1. The molecule has 0 radical (unpaired) electrons. The van der Waals surface area contributed by atoms with E-state index < -0.39 is 0 Å². The number of aromatic nitrogens is 5. The Kier molecular flexibility index (Phi) is 4.51. The lowest BCUT2D eigenvalue weighted by Crippen LogP contribution is -2.20. The van der Waals surface area contributed by atoms with Gasteiger partial charge in [-0.15, -0.1) is 0 Å². The molecule has 0 saturated carbocycles. The second-order valence-electron chi connectivity index (χ2n) is 7.34. The standard InChI is InChI=1S/C22H22N8/c1-15-11-16(2)24-18(12-15)26-22-27-19(14-21(28-22)29-7-3-4-8-29)25-17-5-9-30-10-6-23-20(30)13-17/h3-6,9-14H,7-8H2,1-2H3,(H2,24,25,26,27,28). The summed E-state index contributed by atoms with van der Waals surface area (Å²) >= 11 is 0. The highest BCUT2D eigenvalue weighted by Crippen LogP contribution is 2.25. The molecule has 0 bridgehead atoms. The van der Waals surface area contributed by atoms with Gasteiger partial charge in [-0.2, -0.15) is 9.97 Å². The lowest BCUT2D eigenvalue weighted by Gasteiger charge is -2.19. The summed E-state index contributed by atoms with van der Waals surface area (Å²) in [5, 5.41) is 6.65. The van der Waals surface area contributed by atoms with Crippen molar-refractivity contribution < 1.29 is 0 Å². The molecule has 0 atom stereocenters. The molecular weight excluding hydrogens is 376 g/mol. The number of hydrogen-bond donors (Lipinski definition) is 2. The van der Waals surface area contributed by atoms with Crippen LogP contribution in [0.4, 0.5) is 29.1 Å². The Labute approximate surface area is 174 Å². The molecule has 5 heterocycles. The van der Waals surface area contributed by atoms with Gasteiger partial charge in [0.2, 0.25) is 5.95 Å². The van der Waals surface area contributed by atoms with E-state index in [2.05, 4.69) is 42.6 Å². The number of hydrogen-bond acceptors (Lipinski definition) is 7. The van der Waals surface area contributed by atoms with Gasteiger partial charge < -0.3 is 19.9 Å². The van der Waals surface area contributed by atoms with Crippen LogP contribution in [0.2, 0.25) is 0 Å². The quantitative estimate of drug-likeness (QED) is 0.492. The summed E-state index contributed by atoms with van der Waals surface area (Å²) in [4.78, 5) is 20.5. The first-order valence-corrected chi connectivity index (χ1v) is 9.83. The molecule has 5 rings (SSSR count). The molecular formula is C22H22N8. The van der Waals surface area contributed by atoms with Gasteiger partial charge >= 0.3 is 0 Å². The van der Waals surface area contributed by atoms with Crippen LogP contribution in [0, 0.1) is 13.8 Å². The van der Waals surface area contributed by atoms with Crippen molar-refractivity contribution in [3.8, 4) is 0 Å². The maximum atomic E-state index is 4.72. The van der Waals surface area contributed by atoms with Crippen molar-refractivity contribution in [1.29, 1.82) is 0 Å². The number of anilines is 5. The van der Waals surface area contributed by atoms with Crippen LogP contribution >= 0.6 is 0 Å². The second-order valence-corrected chi connectivity index (χ2v) is 7.34. The summed E-state index contributed by atoms with van der Waals surface area (Å²) < 4.78 is 1.96. The van der Waals surface area contributed by atoms with Crippen LogP contribution in [0.1, 0.15) is 11.3 Å². The summed E-state index contributed by atoms with van der Waals surface area (Å²) in [6.07, 6.45) is 9.94. The van der Waals surface area contributed by atoms with Gasteiger partial charge in [0.25, 0.3) is 0 Å².